The maximum atomic E-state index is 13.3. The molecule has 0 saturated heterocycles. The van der Waals surface area contributed by atoms with Crippen molar-refractivity contribution in [2.45, 2.75) is 37.9 Å². The normalized spacial score (nSPS) is 15.5. The van der Waals surface area contributed by atoms with Crippen LogP contribution in [0.4, 0.5) is 5.69 Å². The Morgan fingerprint density at radius 2 is 1.74 bits per heavy atom. The highest BCUT2D eigenvalue weighted by atomic mass is 16.5. The van der Waals surface area contributed by atoms with E-state index in [0.717, 1.165) is 16.7 Å². The molecule has 158 valence electrons. The maximum absolute atomic E-state index is 13.3. The lowest BCUT2D eigenvalue weighted by molar-refractivity contribution is -0.135. The number of aliphatic hydroxyl groups is 1. The van der Waals surface area contributed by atoms with E-state index in [0.29, 0.717) is 11.3 Å². The SMILES string of the molecule is CC(CC(O)(Cc1ccccc1)C(=O)Nc1ccc2c(c1)COC2=O)c1ccccc1. The van der Waals surface area contributed by atoms with E-state index in [9.17, 15) is 14.7 Å². The van der Waals surface area contributed by atoms with Crippen LogP contribution in [0.25, 0.3) is 0 Å². The van der Waals surface area contributed by atoms with Crippen molar-refractivity contribution in [2.24, 2.45) is 0 Å². The molecule has 1 aliphatic heterocycles. The van der Waals surface area contributed by atoms with Gasteiger partial charge >= 0.3 is 5.97 Å². The van der Waals surface area contributed by atoms with Crippen LogP contribution in [-0.2, 0) is 22.6 Å². The van der Waals surface area contributed by atoms with Gasteiger partial charge < -0.3 is 15.2 Å². The molecule has 5 nitrogen and oxygen atoms in total. The van der Waals surface area contributed by atoms with E-state index >= 15 is 0 Å². The molecule has 2 N–H and O–H groups in total. The van der Waals surface area contributed by atoms with Gasteiger partial charge in [-0.3, -0.25) is 4.79 Å². The molecular formula is C26H25NO4. The summed E-state index contributed by atoms with van der Waals surface area (Å²) in [5, 5.41) is 14.4. The molecule has 1 aliphatic rings. The van der Waals surface area contributed by atoms with Crippen LogP contribution in [0, 0.1) is 0 Å². The van der Waals surface area contributed by atoms with E-state index in [2.05, 4.69) is 5.32 Å². The number of benzene rings is 3. The van der Waals surface area contributed by atoms with Crippen LogP contribution in [0.5, 0.6) is 0 Å². The van der Waals surface area contributed by atoms with Gasteiger partial charge in [0.2, 0.25) is 0 Å². The standard InChI is InChI=1S/C26H25NO4/c1-18(20-10-6-3-7-11-20)15-26(30,16-19-8-4-2-5-9-19)25(29)27-22-12-13-23-21(14-22)17-31-24(23)28/h2-14,18,30H,15-17H2,1H3,(H,27,29). The number of amides is 1. The molecule has 2 atom stereocenters. The average Bonchev–Trinajstić information content (AvgIpc) is 3.15. The summed E-state index contributed by atoms with van der Waals surface area (Å²) in [6.07, 6.45) is 0.466. The lowest BCUT2D eigenvalue weighted by Crippen LogP contribution is -2.46. The number of ether oxygens (including phenoxy) is 1. The minimum Gasteiger partial charge on any atom is -0.457 e. The number of carbonyl (C=O) groups is 2. The molecule has 5 heteroatoms. The smallest absolute Gasteiger partial charge is 0.338 e. The third-order valence-corrected chi connectivity index (χ3v) is 5.72. The van der Waals surface area contributed by atoms with E-state index in [4.69, 9.17) is 4.74 Å². The van der Waals surface area contributed by atoms with E-state index in [1.54, 1.807) is 18.2 Å². The van der Waals surface area contributed by atoms with Gasteiger partial charge in [0.05, 0.1) is 5.56 Å². The summed E-state index contributed by atoms with van der Waals surface area (Å²) in [6.45, 7) is 2.20. The molecule has 2 unspecified atom stereocenters. The number of rotatable bonds is 7. The number of hydrogen-bond donors (Lipinski definition) is 2. The second-order valence-electron chi connectivity index (χ2n) is 8.11. The summed E-state index contributed by atoms with van der Waals surface area (Å²) in [6, 6.07) is 24.4. The summed E-state index contributed by atoms with van der Waals surface area (Å²) in [5.41, 5.74) is 2.11. The Balaban J connectivity index is 1.58. The van der Waals surface area contributed by atoms with Crippen LogP contribution in [0.1, 0.15) is 46.3 Å². The van der Waals surface area contributed by atoms with Crippen LogP contribution < -0.4 is 5.32 Å². The Bertz CT molecular complexity index is 1080. The van der Waals surface area contributed by atoms with Crippen molar-refractivity contribution >= 4 is 17.6 Å². The Kier molecular flexibility index (Phi) is 5.87. The largest absolute Gasteiger partial charge is 0.457 e. The Labute approximate surface area is 181 Å². The predicted octanol–water partition coefficient (Wildman–Crippen LogP) is 4.46. The number of cyclic esters (lactones) is 1. The summed E-state index contributed by atoms with van der Waals surface area (Å²) < 4.78 is 5.03. The van der Waals surface area contributed by atoms with Gasteiger partial charge in [0.25, 0.3) is 5.91 Å². The van der Waals surface area contributed by atoms with Crippen molar-refractivity contribution in [1.82, 2.24) is 0 Å². The van der Waals surface area contributed by atoms with Crippen LogP contribution in [0.3, 0.4) is 0 Å². The number of esters is 1. The molecular weight excluding hydrogens is 390 g/mol. The number of anilines is 1. The molecule has 4 rings (SSSR count). The van der Waals surface area contributed by atoms with Gasteiger partial charge in [-0.1, -0.05) is 67.6 Å². The molecule has 3 aromatic carbocycles. The summed E-state index contributed by atoms with van der Waals surface area (Å²) >= 11 is 0. The summed E-state index contributed by atoms with van der Waals surface area (Å²) in [4.78, 5) is 25.0. The molecule has 0 spiro atoms. The first kappa shape index (κ1) is 20.8. The summed E-state index contributed by atoms with van der Waals surface area (Å²) in [5.74, 6) is -0.846. The van der Waals surface area contributed by atoms with E-state index in [1.807, 2.05) is 67.6 Å². The highest BCUT2D eigenvalue weighted by molar-refractivity contribution is 5.99. The average molecular weight is 415 g/mol. The van der Waals surface area contributed by atoms with Crippen molar-refractivity contribution < 1.29 is 19.4 Å². The Hall–Kier alpha value is -3.44. The molecule has 0 fully saturated rings. The lowest BCUT2D eigenvalue weighted by atomic mass is 9.82. The predicted molar refractivity (Wildman–Crippen MR) is 119 cm³/mol. The van der Waals surface area contributed by atoms with Crippen LogP contribution in [0.15, 0.2) is 78.9 Å². The second-order valence-corrected chi connectivity index (χ2v) is 8.11. The zero-order valence-electron chi connectivity index (χ0n) is 17.4. The third kappa shape index (κ3) is 4.67. The fourth-order valence-electron chi connectivity index (χ4n) is 4.04. The molecule has 0 saturated carbocycles. The van der Waals surface area contributed by atoms with Crippen LogP contribution >= 0.6 is 0 Å². The number of hydrogen-bond acceptors (Lipinski definition) is 4. The molecule has 0 aromatic heterocycles. The van der Waals surface area contributed by atoms with Gasteiger partial charge in [0, 0.05) is 17.7 Å². The molecule has 3 aromatic rings. The first-order valence-electron chi connectivity index (χ1n) is 10.4. The Morgan fingerprint density at radius 3 is 2.45 bits per heavy atom. The first-order valence-corrected chi connectivity index (χ1v) is 10.4. The van der Waals surface area contributed by atoms with Crippen LogP contribution in [-0.4, -0.2) is 22.6 Å². The van der Waals surface area contributed by atoms with Gasteiger partial charge in [-0.15, -0.1) is 0 Å². The molecule has 1 amide bonds. The van der Waals surface area contributed by atoms with Gasteiger partial charge in [-0.2, -0.15) is 0 Å². The van der Waals surface area contributed by atoms with Crippen molar-refractivity contribution in [3.63, 3.8) is 0 Å². The van der Waals surface area contributed by atoms with Crippen molar-refractivity contribution in [1.29, 1.82) is 0 Å². The highest BCUT2D eigenvalue weighted by Gasteiger charge is 2.38. The van der Waals surface area contributed by atoms with Crippen LogP contribution in [0.2, 0.25) is 0 Å². The maximum Gasteiger partial charge on any atom is 0.338 e. The fourth-order valence-corrected chi connectivity index (χ4v) is 4.04. The number of nitrogens with one attached hydrogen (secondary N) is 1. The molecule has 1 heterocycles. The third-order valence-electron chi connectivity index (χ3n) is 5.72. The van der Waals surface area contributed by atoms with Gasteiger partial charge in [0.1, 0.15) is 12.2 Å². The first-order chi connectivity index (χ1) is 14.9. The number of carbonyl (C=O) groups excluding carboxylic acids is 2. The zero-order valence-corrected chi connectivity index (χ0v) is 17.4. The topological polar surface area (TPSA) is 75.6 Å². The van der Waals surface area contributed by atoms with Crippen molar-refractivity contribution in [3.05, 3.63) is 101 Å². The van der Waals surface area contributed by atoms with Gasteiger partial charge in [0.15, 0.2) is 0 Å². The highest BCUT2D eigenvalue weighted by Crippen LogP contribution is 2.31. The summed E-state index contributed by atoms with van der Waals surface area (Å²) in [7, 11) is 0. The monoisotopic (exact) mass is 415 g/mol. The van der Waals surface area contributed by atoms with Gasteiger partial charge in [-0.25, -0.2) is 4.79 Å². The minimum absolute atomic E-state index is 0.0216. The molecule has 0 bridgehead atoms. The fraction of sp³-hybridized carbons (Fsp3) is 0.231. The zero-order chi connectivity index (χ0) is 21.8. The van der Waals surface area contributed by atoms with E-state index in [-0.39, 0.29) is 31.3 Å². The minimum atomic E-state index is -1.61. The van der Waals surface area contributed by atoms with Crippen molar-refractivity contribution in [3.8, 4) is 0 Å². The molecule has 0 aliphatic carbocycles. The number of fused-ring (bicyclic) bond motifs is 1. The molecule has 31 heavy (non-hydrogen) atoms. The Morgan fingerprint density at radius 1 is 1.06 bits per heavy atom. The van der Waals surface area contributed by atoms with E-state index < -0.39 is 11.5 Å². The van der Waals surface area contributed by atoms with E-state index in [1.165, 1.54) is 0 Å². The lowest BCUT2D eigenvalue weighted by Gasteiger charge is -2.30. The van der Waals surface area contributed by atoms with Gasteiger partial charge in [-0.05, 0) is 41.7 Å². The second kappa shape index (κ2) is 8.74. The van der Waals surface area contributed by atoms with Crippen molar-refractivity contribution in [2.75, 3.05) is 5.32 Å². The molecule has 0 radical (unpaired) electrons. The quantitative estimate of drug-likeness (QED) is 0.559.